The average Bonchev–Trinajstić information content (AvgIpc) is 2.35. The summed E-state index contributed by atoms with van der Waals surface area (Å²) in [6, 6.07) is 4.46. The van der Waals surface area contributed by atoms with Gasteiger partial charge in [-0.1, -0.05) is 25.3 Å². The molecule has 0 atom stereocenters. The highest BCUT2D eigenvalue weighted by molar-refractivity contribution is 5.89. The standard InChI is InChI=1S/C15H19FO3/c1-18-15(17)13-6-5-12(9-14(13)16)10-19-8-7-11-3-2-4-11/h5-6,9,11H,2-4,7-8,10H2,1H3. The van der Waals surface area contributed by atoms with Gasteiger partial charge in [0.05, 0.1) is 19.3 Å². The van der Waals surface area contributed by atoms with Gasteiger partial charge in [0, 0.05) is 6.61 Å². The summed E-state index contributed by atoms with van der Waals surface area (Å²) in [6.07, 6.45) is 5.05. The minimum atomic E-state index is -0.657. The van der Waals surface area contributed by atoms with Crippen molar-refractivity contribution in [1.29, 1.82) is 0 Å². The Balaban J connectivity index is 1.80. The largest absolute Gasteiger partial charge is 0.465 e. The Morgan fingerprint density at radius 3 is 2.79 bits per heavy atom. The van der Waals surface area contributed by atoms with E-state index in [1.165, 1.54) is 38.5 Å². The first-order valence-corrected chi connectivity index (χ1v) is 6.65. The maximum atomic E-state index is 13.6. The van der Waals surface area contributed by atoms with E-state index in [0.717, 1.165) is 17.9 Å². The van der Waals surface area contributed by atoms with Crippen molar-refractivity contribution in [2.75, 3.05) is 13.7 Å². The molecule has 0 N–H and O–H groups in total. The Hall–Kier alpha value is -1.42. The lowest BCUT2D eigenvalue weighted by Gasteiger charge is -2.24. The maximum Gasteiger partial charge on any atom is 0.340 e. The molecule has 0 saturated heterocycles. The molecule has 0 heterocycles. The lowest BCUT2D eigenvalue weighted by atomic mass is 9.83. The number of carbonyl (C=O) groups excluding carboxylic acids is 1. The van der Waals surface area contributed by atoms with Crippen LogP contribution in [0.2, 0.25) is 0 Å². The Morgan fingerprint density at radius 2 is 2.21 bits per heavy atom. The van der Waals surface area contributed by atoms with Crippen LogP contribution in [0.25, 0.3) is 0 Å². The molecule has 1 aliphatic carbocycles. The lowest BCUT2D eigenvalue weighted by Crippen LogP contribution is -2.13. The molecule has 0 aromatic heterocycles. The number of methoxy groups -OCH3 is 1. The van der Waals surface area contributed by atoms with Gasteiger partial charge in [-0.25, -0.2) is 9.18 Å². The fourth-order valence-corrected chi connectivity index (χ4v) is 2.15. The number of esters is 1. The van der Waals surface area contributed by atoms with Gasteiger partial charge >= 0.3 is 5.97 Å². The summed E-state index contributed by atoms with van der Waals surface area (Å²) in [5.74, 6) is -0.402. The van der Waals surface area contributed by atoms with Crippen molar-refractivity contribution in [2.24, 2.45) is 5.92 Å². The SMILES string of the molecule is COC(=O)c1ccc(COCCC2CCC2)cc1F. The number of rotatable bonds is 6. The van der Waals surface area contributed by atoms with Crippen molar-refractivity contribution >= 4 is 5.97 Å². The highest BCUT2D eigenvalue weighted by Crippen LogP contribution is 2.29. The third-order valence-electron chi connectivity index (χ3n) is 3.60. The second-order valence-electron chi connectivity index (χ2n) is 4.94. The number of ether oxygens (including phenoxy) is 2. The molecule has 19 heavy (non-hydrogen) atoms. The van der Waals surface area contributed by atoms with Gasteiger partial charge in [-0.3, -0.25) is 0 Å². The smallest absolute Gasteiger partial charge is 0.340 e. The van der Waals surface area contributed by atoms with E-state index in [9.17, 15) is 9.18 Å². The van der Waals surface area contributed by atoms with Gasteiger partial charge in [0.25, 0.3) is 0 Å². The molecular formula is C15H19FO3. The molecule has 1 aromatic carbocycles. The van der Waals surface area contributed by atoms with Crippen LogP contribution in [0.1, 0.15) is 41.6 Å². The highest BCUT2D eigenvalue weighted by atomic mass is 19.1. The van der Waals surface area contributed by atoms with Gasteiger partial charge in [-0.2, -0.15) is 0 Å². The summed E-state index contributed by atoms with van der Waals surface area (Å²) in [4.78, 5) is 11.2. The minimum Gasteiger partial charge on any atom is -0.465 e. The maximum absolute atomic E-state index is 13.6. The molecule has 0 radical (unpaired) electrons. The molecule has 2 rings (SSSR count). The molecular weight excluding hydrogens is 247 g/mol. The van der Waals surface area contributed by atoms with E-state index in [1.54, 1.807) is 6.07 Å². The van der Waals surface area contributed by atoms with Gasteiger partial charge in [-0.05, 0) is 30.0 Å². The topological polar surface area (TPSA) is 35.5 Å². The molecule has 0 aliphatic heterocycles. The zero-order valence-corrected chi connectivity index (χ0v) is 11.2. The van der Waals surface area contributed by atoms with Crippen LogP contribution in [0.4, 0.5) is 4.39 Å². The molecule has 0 spiro atoms. The van der Waals surface area contributed by atoms with E-state index in [-0.39, 0.29) is 5.56 Å². The van der Waals surface area contributed by atoms with E-state index >= 15 is 0 Å². The monoisotopic (exact) mass is 266 g/mol. The fourth-order valence-electron chi connectivity index (χ4n) is 2.15. The van der Waals surface area contributed by atoms with Gasteiger partial charge in [0.2, 0.25) is 0 Å². The minimum absolute atomic E-state index is 0.0410. The summed E-state index contributed by atoms with van der Waals surface area (Å²) < 4.78 is 23.6. The van der Waals surface area contributed by atoms with E-state index in [4.69, 9.17) is 4.74 Å². The molecule has 0 bridgehead atoms. The van der Waals surface area contributed by atoms with Gasteiger partial charge in [-0.15, -0.1) is 0 Å². The van der Waals surface area contributed by atoms with Gasteiger partial charge < -0.3 is 9.47 Å². The van der Waals surface area contributed by atoms with Crippen molar-refractivity contribution in [3.8, 4) is 0 Å². The van der Waals surface area contributed by atoms with Crippen LogP contribution in [0.5, 0.6) is 0 Å². The van der Waals surface area contributed by atoms with Crippen LogP contribution >= 0.6 is 0 Å². The summed E-state index contributed by atoms with van der Waals surface area (Å²) in [5.41, 5.74) is 0.694. The Bertz CT molecular complexity index is 441. The molecule has 4 heteroatoms. The molecule has 0 amide bonds. The van der Waals surface area contributed by atoms with E-state index in [0.29, 0.717) is 13.2 Å². The van der Waals surface area contributed by atoms with Crippen molar-refractivity contribution in [2.45, 2.75) is 32.3 Å². The van der Waals surface area contributed by atoms with E-state index in [2.05, 4.69) is 4.74 Å². The summed E-state index contributed by atoms with van der Waals surface area (Å²) >= 11 is 0. The molecule has 3 nitrogen and oxygen atoms in total. The number of benzene rings is 1. The Labute approximate surface area is 112 Å². The quantitative estimate of drug-likeness (QED) is 0.585. The van der Waals surface area contributed by atoms with Crippen molar-refractivity contribution < 1.29 is 18.7 Å². The number of carbonyl (C=O) groups is 1. The molecule has 0 unspecified atom stereocenters. The number of hydrogen-bond acceptors (Lipinski definition) is 3. The molecule has 1 aliphatic rings. The van der Waals surface area contributed by atoms with Crippen LogP contribution in [0.3, 0.4) is 0 Å². The van der Waals surface area contributed by atoms with Crippen LogP contribution < -0.4 is 0 Å². The van der Waals surface area contributed by atoms with Crippen molar-refractivity contribution in [1.82, 2.24) is 0 Å². The third-order valence-corrected chi connectivity index (χ3v) is 3.60. The summed E-state index contributed by atoms with van der Waals surface area (Å²) in [5, 5.41) is 0. The Morgan fingerprint density at radius 1 is 1.42 bits per heavy atom. The Kier molecular flexibility index (Phi) is 4.91. The summed E-state index contributed by atoms with van der Waals surface area (Å²) in [6.45, 7) is 1.09. The number of halogens is 1. The first-order valence-electron chi connectivity index (χ1n) is 6.65. The van der Waals surface area contributed by atoms with E-state index in [1.807, 2.05) is 0 Å². The molecule has 104 valence electrons. The predicted molar refractivity (Wildman–Crippen MR) is 69.4 cm³/mol. The fraction of sp³-hybridized carbons (Fsp3) is 0.533. The molecule has 1 fully saturated rings. The molecule has 1 saturated carbocycles. The average molecular weight is 266 g/mol. The molecule has 1 aromatic rings. The zero-order chi connectivity index (χ0) is 13.7. The van der Waals surface area contributed by atoms with Crippen LogP contribution in [0.15, 0.2) is 18.2 Å². The first-order chi connectivity index (χ1) is 9.20. The second kappa shape index (κ2) is 6.66. The lowest BCUT2D eigenvalue weighted by molar-refractivity contribution is 0.0595. The summed E-state index contributed by atoms with van der Waals surface area (Å²) in [7, 11) is 1.24. The van der Waals surface area contributed by atoms with Crippen LogP contribution in [-0.4, -0.2) is 19.7 Å². The number of hydrogen-bond donors (Lipinski definition) is 0. The van der Waals surface area contributed by atoms with Crippen LogP contribution in [-0.2, 0) is 16.1 Å². The van der Waals surface area contributed by atoms with Gasteiger partial charge in [0.1, 0.15) is 5.82 Å². The normalized spacial score (nSPS) is 15.1. The third kappa shape index (κ3) is 3.77. The van der Waals surface area contributed by atoms with Crippen molar-refractivity contribution in [3.05, 3.63) is 35.1 Å². The second-order valence-corrected chi connectivity index (χ2v) is 4.94. The zero-order valence-electron chi connectivity index (χ0n) is 11.2. The van der Waals surface area contributed by atoms with Crippen LogP contribution in [0, 0.1) is 11.7 Å². The van der Waals surface area contributed by atoms with Crippen molar-refractivity contribution in [3.63, 3.8) is 0 Å². The highest BCUT2D eigenvalue weighted by Gasteiger charge is 2.16. The predicted octanol–water partition coefficient (Wildman–Crippen LogP) is 3.32. The van der Waals surface area contributed by atoms with E-state index < -0.39 is 11.8 Å². The first kappa shape index (κ1) is 14.0. The van der Waals surface area contributed by atoms with Gasteiger partial charge in [0.15, 0.2) is 0 Å².